The van der Waals surface area contributed by atoms with Gasteiger partial charge in [0.1, 0.15) is 11.7 Å². The van der Waals surface area contributed by atoms with Crippen molar-refractivity contribution in [3.05, 3.63) is 69.1 Å². The number of methoxy groups -OCH3 is 1. The SMILES string of the molecule is CCc1ccc([C@@H]2C(C(=O)c3cccs3)=C(C(=O)OC)Nc3nnnn32)cc1. The minimum absolute atomic E-state index is 0.0489. The van der Waals surface area contributed by atoms with Gasteiger partial charge in [0.2, 0.25) is 11.7 Å². The lowest BCUT2D eigenvalue weighted by Gasteiger charge is -2.27. The second-order valence-electron chi connectivity index (χ2n) is 6.16. The molecule has 0 aliphatic carbocycles. The summed E-state index contributed by atoms with van der Waals surface area (Å²) in [6.45, 7) is 2.07. The van der Waals surface area contributed by atoms with Gasteiger partial charge in [0, 0.05) is 0 Å². The molecule has 1 aromatic carbocycles. The lowest BCUT2D eigenvalue weighted by molar-refractivity contribution is -0.136. The Kier molecular flexibility index (Phi) is 4.74. The van der Waals surface area contributed by atoms with Crippen LogP contribution in [0.3, 0.4) is 0 Å². The van der Waals surface area contributed by atoms with Crippen molar-refractivity contribution in [1.82, 2.24) is 20.2 Å². The van der Waals surface area contributed by atoms with Crippen molar-refractivity contribution in [3.63, 3.8) is 0 Å². The Bertz CT molecular complexity index is 1050. The molecule has 0 bridgehead atoms. The number of rotatable bonds is 5. The number of benzene rings is 1. The highest BCUT2D eigenvalue weighted by Crippen LogP contribution is 2.37. The van der Waals surface area contributed by atoms with Crippen molar-refractivity contribution in [2.24, 2.45) is 0 Å². The molecule has 1 N–H and O–H groups in total. The normalized spacial score (nSPS) is 15.7. The molecule has 2 aromatic heterocycles. The Morgan fingerprint density at radius 1 is 1.25 bits per heavy atom. The Morgan fingerprint density at radius 2 is 2.04 bits per heavy atom. The number of aryl methyl sites for hydroxylation is 1. The first-order chi connectivity index (χ1) is 13.6. The number of tetrazole rings is 1. The van der Waals surface area contributed by atoms with E-state index in [-0.39, 0.29) is 23.0 Å². The summed E-state index contributed by atoms with van der Waals surface area (Å²) < 4.78 is 6.42. The topological polar surface area (TPSA) is 99.0 Å². The molecule has 1 aliphatic heterocycles. The fraction of sp³-hybridized carbons (Fsp3) is 0.211. The predicted octanol–water partition coefficient (Wildman–Crippen LogP) is 2.62. The third-order valence-electron chi connectivity index (χ3n) is 4.60. The van der Waals surface area contributed by atoms with Crippen molar-refractivity contribution in [1.29, 1.82) is 0 Å². The van der Waals surface area contributed by atoms with Crippen LogP contribution in [-0.2, 0) is 16.0 Å². The van der Waals surface area contributed by atoms with Crippen LogP contribution >= 0.6 is 11.3 Å². The van der Waals surface area contributed by atoms with E-state index in [1.165, 1.54) is 23.1 Å². The maximum atomic E-state index is 13.4. The number of allylic oxidation sites excluding steroid dienone is 1. The van der Waals surface area contributed by atoms with Gasteiger partial charge in [-0.1, -0.05) is 42.4 Å². The Balaban J connectivity index is 1.93. The molecular formula is C19H17N5O3S. The van der Waals surface area contributed by atoms with E-state index in [1.807, 2.05) is 29.6 Å². The van der Waals surface area contributed by atoms with Crippen LogP contribution in [0.5, 0.6) is 0 Å². The van der Waals surface area contributed by atoms with Gasteiger partial charge < -0.3 is 10.1 Å². The highest BCUT2D eigenvalue weighted by Gasteiger charge is 2.38. The summed E-state index contributed by atoms with van der Waals surface area (Å²) in [5.41, 5.74) is 2.26. The van der Waals surface area contributed by atoms with E-state index in [0.717, 1.165) is 17.5 Å². The van der Waals surface area contributed by atoms with Crippen molar-refractivity contribution >= 4 is 29.0 Å². The van der Waals surface area contributed by atoms with Gasteiger partial charge in [-0.3, -0.25) is 4.79 Å². The first kappa shape index (κ1) is 18.1. The summed E-state index contributed by atoms with van der Waals surface area (Å²) in [7, 11) is 1.27. The van der Waals surface area contributed by atoms with Gasteiger partial charge in [-0.15, -0.1) is 11.3 Å². The van der Waals surface area contributed by atoms with Crippen LogP contribution in [-0.4, -0.2) is 39.1 Å². The Labute approximate surface area is 164 Å². The van der Waals surface area contributed by atoms with Crippen LogP contribution < -0.4 is 5.32 Å². The van der Waals surface area contributed by atoms with Gasteiger partial charge >= 0.3 is 5.97 Å². The van der Waals surface area contributed by atoms with Gasteiger partial charge in [-0.05, 0) is 39.4 Å². The number of ketones is 1. The summed E-state index contributed by atoms with van der Waals surface area (Å²) in [5, 5.41) is 16.4. The molecule has 0 unspecified atom stereocenters. The zero-order chi connectivity index (χ0) is 19.7. The molecule has 142 valence electrons. The van der Waals surface area contributed by atoms with Gasteiger partial charge in [0.05, 0.1) is 17.6 Å². The number of ether oxygens (including phenoxy) is 1. The number of fused-ring (bicyclic) bond motifs is 1. The van der Waals surface area contributed by atoms with Crippen LogP contribution in [0.1, 0.15) is 33.8 Å². The minimum atomic E-state index is -0.652. The molecule has 8 nitrogen and oxygen atoms in total. The van der Waals surface area contributed by atoms with Crippen LogP contribution in [0.25, 0.3) is 0 Å². The zero-order valence-electron chi connectivity index (χ0n) is 15.2. The predicted molar refractivity (Wildman–Crippen MR) is 103 cm³/mol. The number of aromatic nitrogens is 4. The third-order valence-corrected chi connectivity index (χ3v) is 5.47. The van der Waals surface area contributed by atoms with E-state index in [4.69, 9.17) is 4.74 Å². The number of hydrogen-bond donors (Lipinski definition) is 1. The Hall–Kier alpha value is -3.33. The summed E-state index contributed by atoms with van der Waals surface area (Å²) >= 11 is 1.31. The van der Waals surface area contributed by atoms with Crippen molar-refractivity contribution in [2.45, 2.75) is 19.4 Å². The number of hydrogen-bond acceptors (Lipinski definition) is 8. The second kappa shape index (κ2) is 7.35. The van der Waals surface area contributed by atoms with Crippen LogP contribution in [0.4, 0.5) is 5.95 Å². The molecule has 0 fully saturated rings. The van der Waals surface area contributed by atoms with Crippen LogP contribution in [0.2, 0.25) is 0 Å². The fourth-order valence-electron chi connectivity index (χ4n) is 3.17. The summed E-state index contributed by atoms with van der Waals surface area (Å²) in [5.74, 6) is -0.648. The van der Waals surface area contributed by atoms with E-state index in [9.17, 15) is 9.59 Å². The molecule has 0 saturated heterocycles. The number of nitrogens with one attached hydrogen (secondary N) is 1. The quantitative estimate of drug-likeness (QED) is 0.524. The molecule has 4 rings (SSSR count). The maximum Gasteiger partial charge on any atom is 0.355 e. The molecule has 1 atom stereocenters. The summed E-state index contributed by atoms with van der Waals surface area (Å²) in [6.07, 6.45) is 0.896. The molecule has 28 heavy (non-hydrogen) atoms. The monoisotopic (exact) mass is 395 g/mol. The van der Waals surface area contributed by atoms with Crippen LogP contribution in [0.15, 0.2) is 53.0 Å². The average molecular weight is 395 g/mol. The van der Waals surface area contributed by atoms with Crippen molar-refractivity contribution < 1.29 is 14.3 Å². The fourth-order valence-corrected chi connectivity index (χ4v) is 3.85. The lowest BCUT2D eigenvalue weighted by Crippen LogP contribution is -2.32. The minimum Gasteiger partial charge on any atom is -0.464 e. The number of carbonyl (C=O) groups is 2. The van der Waals surface area contributed by atoms with Gasteiger partial charge in [0.15, 0.2) is 0 Å². The third kappa shape index (κ3) is 2.99. The number of anilines is 1. The van der Waals surface area contributed by atoms with Gasteiger partial charge in [0.25, 0.3) is 0 Å². The molecule has 0 radical (unpaired) electrons. The van der Waals surface area contributed by atoms with E-state index in [2.05, 4.69) is 27.8 Å². The number of Topliss-reactive ketones (excluding diaryl/α,β-unsaturated/α-hetero) is 1. The van der Waals surface area contributed by atoms with E-state index in [1.54, 1.807) is 12.1 Å². The Morgan fingerprint density at radius 3 is 2.68 bits per heavy atom. The number of carbonyl (C=O) groups excluding carboxylic acids is 2. The zero-order valence-corrected chi connectivity index (χ0v) is 16.1. The largest absolute Gasteiger partial charge is 0.464 e. The second-order valence-corrected chi connectivity index (χ2v) is 7.10. The summed E-state index contributed by atoms with van der Waals surface area (Å²) in [4.78, 5) is 26.4. The first-order valence-electron chi connectivity index (χ1n) is 8.68. The van der Waals surface area contributed by atoms with E-state index < -0.39 is 12.0 Å². The molecule has 0 spiro atoms. The van der Waals surface area contributed by atoms with E-state index in [0.29, 0.717) is 4.88 Å². The molecule has 3 heterocycles. The number of nitrogens with zero attached hydrogens (tertiary/aromatic N) is 4. The molecule has 0 amide bonds. The number of esters is 1. The van der Waals surface area contributed by atoms with Crippen LogP contribution in [0, 0.1) is 0 Å². The molecule has 3 aromatic rings. The molecular weight excluding hydrogens is 378 g/mol. The van der Waals surface area contributed by atoms with Gasteiger partial charge in [-0.2, -0.15) is 4.68 Å². The number of thiophene rings is 1. The van der Waals surface area contributed by atoms with E-state index >= 15 is 0 Å². The first-order valence-corrected chi connectivity index (χ1v) is 9.56. The standard InChI is InChI=1S/C19H17N5O3S/c1-3-11-6-8-12(9-7-11)16-14(17(25)13-5-4-10-28-13)15(18(26)27-2)20-19-21-22-23-24(16)19/h4-10,16H,3H2,1-2H3,(H,20,21,23)/t16-/m1/s1. The lowest BCUT2D eigenvalue weighted by atomic mass is 9.91. The molecule has 0 saturated carbocycles. The molecule has 1 aliphatic rings. The summed E-state index contributed by atoms with van der Waals surface area (Å²) in [6, 6.07) is 10.7. The highest BCUT2D eigenvalue weighted by atomic mass is 32.1. The average Bonchev–Trinajstić information content (AvgIpc) is 3.43. The highest BCUT2D eigenvalue weighted by molar-refractivity contribution is 7.12. The van der Waals surface area contributed by atoms with Gasteiger partial charge in [-0.25, -0.2) is 4.79 Å². The van der Waals surface area contributed by atoms with Crippen molar-refractivity contribution in [2.75, 3.05) is 12.4 Å². The smallest absolute Gasteiger partial charge is 0.355 e. The maximum absolute atomic E-state index is 13.4. The molecule has 9 heteroatoms. The van der Waals surface area contributed by atoms with Crippen molar-refractivity contribution in [3.8, 4) is 0 Å².